The van der Waals surface area contributed by atoms with Crippen molar-refractivity contribution in [2.24, 2.45) is 0 Å². The first-order valence-electron chi connectivity index (χ1n) is 13.0. The van der Waals surface area contributed by atoms with Crippen LogP contribution in [0.25, 0.3) is 17.2 Å². The Balaban J connectivity index is 1.30. The lowest BCUT2D eigenvalue weighted by atomic mass is 10.0. The number of unbranched alkanes of at least 4 members (excludes halogenated alkanes) is 1. The number of hydrogen-bond donors (Lipinski definition) is 1. The minimum absolute atomic E-state index is 0.0912. The van der Waals surface area contributed by atoms with Gasteiger partial charge in [-0.1, -0.05) is 64.5 Å². The number of carbonyl (C=O) groups is 1. The van der Waals surface area contributed by atoms with Crippen molar-refractivity contribution in [3.63, 3.8) is 0 Å². The molecule has 0 saturated carbocycles. The Morgan fingerprint density at radius 3 is 2.73 bits per heavy atom. The fourth-order valence-corrected chi connectivity index (χ4v) is 6.30. The Bertz CT molecular complexity index is 1380. The van der Waals surface area contributed by atoms with E-state index in [1.807, 2.05) is 30.3 Å². The number of tetrazole rings is 1. The third kappa shape index (κ3) is 7.39. The van der Waals surface area contributed by atoms with Crippen LogP contribution in [0.5, 0.6) is 5.75 Å². The number of ether oxygens (including phenoxy) is 2. The second-order valence-electron chi connectivity index (χ2n) is 9.30. The number of nitrogens with one attached hydrogen (secondary N) is 1. The van der Waals surface area contributed by atoms with Crippen molar-refractivity contribution in [1.29, 1.82) is 0 Å². The van der Waals surface area contributed by atoms with Gasteiger partial charge in [-0.05, 0) is 48.7 Å². The van der Waals surface area contributed by atoms with E-state index in [0.29, 0.717) is 50.4 Å². The molecule has 210 valence electrons. The topological polar surface area (TPSA) is 96.5 Å². The van der Waals surface area contributed by atoms with Crippen molar-refractivity contribution in [2.45, 2.75) is 19.3 Å². The highest BCUT2D eigenvalue weighted by Crippen LogP contribution is 2.39. The molecule has 5 rings (SSSR count). The minimum Gasteiger partial charge on any atom is -0.492 e. The second-order valence-corrected chi connectivity index (χ2v) is 11.8. The first-order valence-corrected chi connectivity index (χ1v) is 15.0. The Kier molecular flexibility index (Phi) is 10.1. The van der Waals surface area contributed by atoms with E-state index in [1.165, 1.54) is 11.8 Å². The highest BCUT2D eigenvalue weighted by Gasteiger charge is 2.31. The quantitative estimate of drug-likeness (QED) is 0.179. The Hall–Kier alpha value is -2.54. The molecule has 13 heteroatoms. The van der Waals surface area contributed by atoms with E-state index >= 15 is 0 Å². The number of benzene rings is 2. The van der Waals surface area contributed by atoms with Crippen LogP contribution in [-0.2, 0) is 16.0 Å². The van der Waals surface area contributed by atoms with Gasteiger partial charge in [0.05, 0.1) is 23.1 Å². The molecular formula is C27H28Cl2N6O3S2. The molecule has 0 aliphatic carbocycles. The number of aromatic amines is 1. The summed E-state index contributed by atoms with van der Waals surface area (Å²) in [6.45, 7) is 5.16. The molecule has 0 bridgehead atoms. The second kappa shape index (κ2) is 13.9. The molecule has 1 amide bonds. The summed E-state index contributed by atoms with van der Waals surface area (Å²) >= 11 is 19.6. The molecule has 0 radical (unpaired) electrons. The normalized spacial score (nSPS) is 17.2. The Morgan fingerprint density at radius 1 is 1.10 bits per heavy atom. The van der Waals surface area contributed by atoms with E-state index in [4.69, 9.17) is 44.9 Å². The van der Waals surface area contributed by atoms with Gasteiger partial charge in [-0.3, -0.25) is 14.6 Å². The maximum atomic E-state index is 13.2. The van der Waals surface area contributed by atoms with Crippen molar-refractivity contribution in [3.8, 4) is 16.9 Å². The van der Waals surface area contributed by atoms with E-state index in [2.05, 4.69) is 25.5 Å². The molecule has 3 aromatic rings. The number of carbonyl (C=O) groups excluding carboxylic acids is 1. The van der Waals surface area contributed by atoms with Crippen LogP contribution in [-0.4, -0.2) is 86.7 Å². The monoisotopic (exact) mass is 618 g/mol. The van der Waals surface area contributed by atoms with Crippen molar-refractivity contribution in [1.82, 2.24) is 30.4 Å². The molecule has 9 nitrogen and oxygen atoms in total. The summed E-state index contributed by atoms with van der Waals surface area (Å²) in [5.74, 6) is 1.28. The molecule has 40 heavy (non-hydrogen) atoms. The largest absolute Gasteiger partial charge is 0.492 e. The lowest BCUT2D eigenvalue weighted by Crippen LogP contribution is -2.38. The molecule has 0 spiro atoms. The van der Waals surface area contributed by atoms with Crippen LogP contribution in [0.3, 0.4) is 0 Å². The van der Waals surface area contributed by atoms with Crippen molar-refractivity contribution >= 4 is 63.5 Å². The molecule has 2 aromatic carbocycles. The molecular weight excluding hydrogens is 591 g/mol. The molecule has 0 unspecified atom stereocenters. The number of amides is 1. The standard InChI is InChI=1S/C27H28Cl2N6O3S2/c28-19-5-6-20(22(29)17-19)21-15-18(4-7-23(21)38-14-11-34-9-12-37-13-10-34)16-24-26(36)35(27(39)40-24)8-2-1-3-25-30-32-33-31-25/h4-7,15-17H,1-3,8-14H2,(H,30,31,32,33)/b24-16-. The highest BCUT2D eigenvalue weighted by atomic mass is 35.5. The van der Waals surface area contributed by atoms with Crippen LogP contribution in [0.1, 0.15) is 24.2 Å². The van der Waals surface area contributed by atoms with Crippen LogP contribution in [0, 0.1) is 0 Å². The van der Waals surface area contributed by atoms with Crippen LogP contribution >= 0.6 is 47.2 Å². The fourth-order valence-electron chi connectivity index (χ4n) is 4.48. The fraction of sp³-hybridized carbons (Fsp3) is 0.370. The molecule has 1 aromatic heterocycles. The number of morpholine rings is 1. The van der Waals surface area contributed by atoms with Crippen LogP contribution in [0.2, 0.25) is 10.0 Å². The van der Waals surface area contributed by atoms with Gasteiger partial charge in [0.15, 0.2) is 5.82 Å². The van der Waals surface area contributed by atoms with Gasteiger partial charge >= 0.3 is 0 Å². The van der Waals surface area contributed by atoms with Gasteiger partial charge < -0.3 is 9.47 Å². The van der Waals surface area contributed by atoms with E-state index in [0.717, 1.165) is 62.4 Å². The van der Waals surface area contributed by atoms with Gasteiger partial charge in [0.1, 0.15) is 16.7 Å². The number of halogens is 2. The molecule has 1 N–H and O–H groups in total. The number of hydrogen-bond acceptors (Lipinski definition) is 9. The molecule has 2 fully saturated rings. The summed E-state index contributed by atoms with van der Waals surface area (Å²) in [7, 11) is 0. The molecule has 2 aliphatic heterocycles. The summed E-state index contributed by atoms with van der Waals surface area (Å²) in [4.78, 5) is 17.7. The summed E-state index contributed by atoms with van der Waals surface area (Å²) in [6, 6.07) is 11.2. The molecule has 3 heterocycles. The zero-order valence-corrected chi connectivity index (χ0v) is 24.8. The van der Waals surface area contributed by atoms with Gasteiger partial charge in [0.25, 0.3) is 5.91 Å². The first kappa shape index (κ1) is 29.0. The number of thiocarbonyl (C=S) groups is 1. The van der Waals surface area contributed by atoms with Gasteiger partial charge in [0, 0.05) is 48.7 Å². The lowest BCUT2D eigenvalue weighted by molar-refractivity contribution is -0.122. The van der Waals surface area contributed by atoms with Crippen molar-refractivity contribution < 1.29 is 14.3 Å². The SMILES string of the molecule is O=C1/C(=C/c2ccc(OCCN3CCOCC3)c(-c3ccc(Cl)cc3Cl)c2)SC(=S)N1CCCCc1nn[nH]n1. The van der Waals surface area contributed by atoms with Gasteiger partial charge in [-0.2, -0.15) is 5.21 Å². The number of aryl methyl sites for hydroxylation is 1. The Labute approximate surface area is 252 Å². The van der Waals surface area contributed by atoms with Crippen LogP contribution < -0.4 is 4.74 Å². The van der Waals surface area contributed by atoms with E-state index in [-0.39, 0.29) is 5.91 Å². The van der Waals surface area contributed by atoms with Gasteiger partial charge in [0.2, 0.25) is 0 Å². The predicted octanol–water partition coefficient (Wildman–Crippen LogP) is 5.11. The van der Waals surface area contributed by atoms with Gasteiger partial charge in [-0.25, -0.2) is 0 Å². The van der Waals surface area contributed by atoms with Crippen LogP contribution in [0.4, 0.5) is 0 Å². The summed E-state index contributed by atoms with van der Waals surface area (Å²) in [5, 5.41) is 15.0. The number of H-pyrrole nitrogens is 1. The third-order valence-corrected chi connectivity index (χ3v) is 8.51. The van der Waals surface area contributed by atoms with E-state index < -0.39 is 0 Å². The predicted molar refractivity (Wildman–Crippen MR) is 162 cm³/mol. The third-order valence-electron chi connectivity index (χ3n) is 6.59. The maximum absolute atomic E-state index is 13.2. The zero-order chi connectivity index (χ0) is 27.9. The number of aromatic nitrogens is 4. The lowest BCUT2D eigenvalue weighted by Gasteiger charge is -2.26. The smallest absolute Gasteiger partial charge is 0.266 e. The highest BCUT2D eigenvalue weighted by molar-refractivity contribution is 8.26. The minimum atomic E-state index is -0.0912. The summed E-state index contributed by atoms with van der Waals surface area (Å²) < 4.78 is 12.2. The van der Waals surface area contributed by atoms with Crippen LogP contribution in [0.15, 0.2) is 41.3 Å². The summed E-state index contributed by atoms with van der Waals surface area (Å²) in [6.07, 6.45) is 4.17. The number of nitrogens with zero attached hydrogens (tertiary/aromatic N) is 5. The summed E-state index contributed by atoms with van der Waals surface area (Å²) in [5.41, 5.74) is 2.48. The molecule has 2 saturated heterocycles. The average molecular weight is 620 g/mol. The van der Waals surface area contributed by atoms with Crippen molar-refractivity contribution in [3.05, 3.63) is 62.7 Å². The van der Waals surface area contributed by atoms with E-state index in [9.17, 15) is 4.79 Å². The molecule has 0 atom stereocenters. The zero-order valence-electron chi connectivity index (χ0n) is 21.6. The van der Waals surface area contributed by atoms with Crippen molar-refractivity contribution in [2.75, 3.05) is 46.0 Å². The number of thioether (sulfide) groups is 1. The Morgan fingerprint density at radius 2 is 1.95 bits per heavy atom. The maximum Gasteiger partial charge on any atom is 0.266 e. The molecule has 2 aliphatic rings. The van der Waals surface area contributed by atoms with Gasteiger partial charge in [-0.15, -0.1) is 10.2 Å². The van der Waals surface area contributed by atoms with E-state index in [1.54, 1.807) is 17.0 Å². The average Bonchev–Trinajstić information content (AvgIpc) is 3.56. The first-order chi connectivity index (χ1) is 19.5. The number of rotatable bonds is 11.